The van der Waals surface area contributed by atoms with Gasteiger partial charge in [-0.15, -0.1) is 0 Å². The van der Waals surface area contributed by atoms with E-state index in [1.54, 1.807) is 0 Å². The Kier molecular flexibility index (Phi) is 5.68. The van der Waals surface area contributed by atoms with Crippen LogP contribution in [-0.2, 0) is 4.79 Å². The molecule has 0 radical (unpaired) electrons. The number of likely N-dealkylation sites (N-methyl/N-ethyl adjacent to an activating group) is 1. The summed E-state index contributed by atoms with van der Waals surface area (Å²) >= 11 is 0. The predicted octanol–water partition coefficient (Wildman–Crippen LogP) is 2.97. The van der Waals surface area contributed by atoms with E-state index >= 15 is 0 Å². The zero-order chi connectivity index (χ0) is 17.6. The number of carbonyl (C=O) groups is 1. The van der Waals surface area contributed by atoms with E-state index in [0.29, 0.717) is 6.54 Å². The van der Waals surface area contributed by atoms with Gasteiger partial charge in [-0.25, -0.2) is 0 Å². The normalized spacial score (nSPS) is 15.8. The first-order chi connectivity index (χ1) is 12.1. The summed E-state index contributed by atoms with van der Waals surface area (Å²) in [7, 11) is 2.11. The quantitative estimate of drug-likeness (QED) is 0.910. The number of aryl methyl sites for hydroxylation is 1. The number of benzene rings is 2. The van der Waals surface area contributed by atoms with Gasteiger partial charge in [0.15, 0.2) is 0 Å². The van der Waals surface area contributed by atoms with Crippen LogP contribution in [-0.4, -0.2) is 55.5 Å². The van der Waals surface area contributed by atoms with Crippen molar-refractivity contribution in [1.82, 2.24) is 9.80 Å². The fourth-order valence-corrected chi connectivity index (χ4v) is 2.83. The van der Waals surface area contributed by atoms with Gasteiger partial charge in [-0.2, -0.15) is 0 Å². The molecule has 2 aromatic rings. The van der Waals surface area contributed by atoms with Crippen molar-refractivity contribution in [2.45, 2.75) is 6.92 Å². The molecule has 5 heteroatoms. The van der Waals surface area contributed by atoms with Crippen molar-refractivity contribution in [3.05, 3.63) is 54.1 Å². The summed E-state index contributed by atoms with van der Waals surface area (Å²) in [6.45, 7) is 6.37. The van der Waals surface area contributed by atoms with Crippen LogP contribution in [0.2, 0.25) is 0 Å². The molecule has 3 rings (SSSR count). The highest BCUT2D eigenvalue weighted by Gasteiger charge is 2.16. The minimum atomic E-state index is 0.0249. The molecule has 1 aliphatic heterocycles. The van der Waals surface area contributed by atoms with Gasteiger partial charge in [0.1, 0.15) is 11.5 Å². The van der Waals surface area contributed by atoms with Crippen molar-refractivity contribution in [3.63, 3.8) is 0 Å². The van der Waals surface area contributed by atoms with E-state index in [4.69, 9.17) is 4.74 Å². The van der Waals surface area contributed by atoms with Crippen LogP contribution in [0.4, 0.5) is 5.69 Å². The summed E-state index contributed by atoms with van der Waals surface area (Å²) in [4.78, 5) is 16.6. The van der Waals surface area contributed by atoms with Crippen molar-refractivity contribution in [2.75, 3.05) is 45.1 Å². The number of rotatable bonds is 5. The third-order valence-electron chi connectivity index (χ3n) is 4.33. The molecule has 1 fully saturated rings. The average Bonchev–Trinajstić information content (AvgIpc) is 2.59. The highest BCUT2D eigenvalue weighted by Crippen LogP contribution is 2.23. The second-order valence-electron chi connectivity index (χ2n) is 6.57. The Labute approximate surface area is 149 Å². The molecule has 1 saturated heterocycles. The Morgan fingerprint density at radius 2 is 1.76 bits per heavy atom. The molecule has 5 nitrogen and oxygen atoms in total. The van der Waals surface area contributed by atoms with Crippen LogP contribution in [0.25, 0.3) is 0 Å². The van der Waals surface area contributed by atoms with Gasteiger partial charge in [-0.1, -0.05) is 12.1 Å². The van der Waals surface area contributed by atoms with Crippen molar-refractivity contribution in [2.24, 2.45) is 0 Å². The standard InChI is InChI=1S/C20H25N3O2/c1-16-4-3-5-19(14-16)25-18-8-6-17(7-9-18)21-20(24)15-23-12-10-22(2)11-13-23/h3-9,14H,10-13,15H2,1-2H3,(H,21,24). The number of piperazine rings is 1. The molecule has 1 amide bonds. The van der Waals surface area contributed by atoms with Gasteiger partial charge >= 0.3 is 0 Å². The summed E-state index contributed by atoms with van der Waals surface area (Å²) in [5.74, 6) is 1.59. The predicted molar refractivity (Wildman–Crippen MR) is 100 cm³/mol. The van der Waals surface area contributed by atoms with Crippen LogP contribution in [0.3, 0.4) is 0 Å². The van der Waals surface area contributed by atoms with Crippen LogP contribution in [0.15, 0.2) is 48.5 Å². The minimum Gasteiger partial charge on any atom is -0.457 e. The molecule has 0 spiro atoms. The van der Waals surface area contributed by atoms with E-state index < -0.39 is 0 Å². The van der Waals surface area contributed by atoms with Crippen molar-refractivity contribution >= 4 is 11.6 Å². The van der Waals surface area contributed by atoms with E-state index in [9.17, 15) is 4.79 Å². The van der Waals surface area contributed by atoms with Crippen molar-refractivity contribution in [3.8, 4) is 11.5 Å². The van der Waals surface area contributed by atoms with Crippen molar-refractivity contribution in [1.29, 1.82) is 0 Å². The lowest BCUT2D eigenvalue weighted by Gasteiger charge is -2.31. The van der Waals surface area contributed by atoms with Gasteiger partial charge in [-0.3, -0.25) is 9.69 Å². The van der Waals surface area contributed by atoms with E-state index in [2.05, 4.69) is 22.2 Å². The zero-order valence-corrected chi connectivity index (χ0v) is 14.9. The molecular formula is C20H25N3O2. The van der Waals surface area contributed by atoms with Crippen LogP contribution < -0.4 is 10.1 Å². The molecule has 0 atom stereocenters. The number of anilines is 1. The molecule has 1 aliphatic rings. The molecule has 0 saturated carbocycles. The maximum atomic E-state index is 12.2. The van der Waals surface area contributed by atoms with Gasteiger partial charge < -0.3 is 15.0 Å². The van der Waals surface area contributed by atoms with E-state index in [1.807, 2.05) is 55.5 Å². The van der Waals surface area contributed by atoms with E-state index in [0.717, 1.165) is 48.9 Å². The molecule has 1 N–H and O–H groups in total. The summed E-state index contributed by atoms with van der Waals surface area (Å²) in [5, 5.41) is 2.95. The monoisotopic (exact) mass is 339 g/mol. The molecule has 25 heavy (non-hydrogen) atoms. The highest BCUT2D eigenvalue weighted by atomic mass is 16.5. The number of hydrogen-bond donors (Lipinski definition) is 1. The molecule has 0 aromatic heterocycles. The van der Waals surface area contributed by atoms with Gasteiger partial charge in [0.2, 0.25) is 5.91 Å². The average molecular weight is 339 g/mol. The fourth-order valence-electron chi connectivity index (χ4n) is 2.83. The topological polar surface area (TPSA) is 44.8 Å². The lowest BCUT2D eigenvalue weighted by Crippen LogP contribution is -2.47. The summed E-state index contributed by atoms with van der Waals surface area (Å²) < 4.78 is 5.83. The number of nitrogens with one attached hydrogen (secondary N) is 1. The number of hydrogen-bond acceptors (Lipinski definition) is 4. The minimum absolute atomic E-state index is 0.0249. The van der Waals surface area contributed by atoms with Gasteiger partial charge in [0, 0.05) is 31.9 Å². The Morgan fingerprint density at radius 3 is 2.44 bits per heavy atom. The number of ether oxygens (including phenoxy) is 1. The van der Waals surface area contributed by atoms with Crippen LogP contribution in [0.5, 0.6) is 11.5 Å². The fraction of sp³-hybridized carbons (Fsp3) is 0.350. The molecule has 2 aromatic carbocycles. The molecule has 0 aliphatic carbocycles. The Morgan fingerprint density at radius 1 is 1.04 bits per heavy atom. The third-order valence-corrected chi connectivity index (χ3v) is 4.33. The molecule has 0 unspecified atom stereocenters. The van der Waals surface area contributed by atoms with Crippen LogP contribution in [0, 0.1) is 6.92 Å². The summed E-state index contributed by atoms with van der Waals surface area (Å²) in [5.41, 5.74) is 1.95. The van der Waals surface area contributed by atoms with Crippen LogP contribution in [0.1, 0.15) is 5.56 Å². The Balaban J connectivity index is 1.51. The van der Waals surface area contributed by atoms with E-state index in [-0.39, 0.29) is 5.91 Å². The lowest BCUT2D eigenvalue weighted by molar-refractivity contribution is -0.117. The molecule has 0 bridgehead atoms. The molecule has 132 valence electrons. The SMILES string of the molecule is Cc1cccc(Oc2ccc(NC(=O)CN3CCN(C)CC3)cc2)c1. The van der Waals surface area contributed by atoms with E-state index in [1.165, 1.54) is 0 Å². The number of nitrogens with zero attached hydrogens (tertiary/aromatic N) is 2. The van der Waals surface area contributed by atoms with Gasteiger partial charge in [0.05, 0.1) is 6.54 Å². The summed E-state index contributed by atoms with van der Waals surface area (Å²) in [6, 6.07) is 15.4. The summed E-state index contributed by atoms with van der Waals surface area (Å²) in [6.07, 6.45) is 0. The van der Waals surface area contributed by atoms with Crippen molar-refractivity contribution < 1.29 is 9.53 Å². The van der Waals surface area contributed by atoms with Gasteiger partial charge in [-0.05, 0) is 55.9 Å². The lowest BCUT2D eigenvalue weighted by atomic mass is 10.2. The third kappa shape index (κ3) is 5.31. The second kappa shape index (κ2) is 8.14. The maximum absolute atomic E-state index is 12.2. The van der Waals surface area contributed by atoms with Gasteiger partial charge in [0.25, 0.3) is 0 Å². The first-order valence-corrected chi connectivity index (χ1v) is 8.64. The first kappa shape index (κ1) is 17.5. The smallest absolute Gasteiger partial charge is 0.238 e. The first-order valence-electron chi connectivity index (χ1n) is 8.64. The Bertz CT molecular complexity index is 707. The van der Waals surface area contributed by atoms with Crippen LogP contribution >= 0.6 is 0 Å². The number of amides is 1. The largest absolute Gasteiger partial charge is 0.457 e. The number of carbonyl (C=O) groups excluding carboxylic acids is 1. The second-order valence-corrected chi connectivity index (χ2v) is 6.57. The highest BCUT2D eigenvalue weighted by molar-refractivity contribution is 5.92. The maximum Gasteiger partial charge on any atom is 0.238 e. The Hall–Kier alpha value is -2.37. The molecule has 1 heterocycles. The zero-order valence-electron chi connectivity index (χ0n) is 14.9. The molecular weight excluding hydrogens is 314 g/mol.